The zero-order valence-corrected chi connectivity index (χ0v) is 12.4. The summed E-state index contributed by atoms with van der Waals surface area (Å²) in [5.41, 5.74) is 0.969. The highest BCUT2D eigenvalue weighted by Crippen LogP contribution is 2.18. The molecule has 0 fully saturated rings. The third kappa shape index (κ3) is 3.39. The molecule has 1 heterocycles. The fraction of sp³-hybridized carbons (Fsp3) is 0.333. The Morgan fingerprint density at radius 2 is 2.05 bits per heavy atom. The van der Waals surface area contributed by atoms with E-state index in [1.165, 1.54) is 0 Å². The van der Waals surface area contributed by atoms with Crippen molar-refractivity contribution in [1.82, 2.24) is 9.55 Å². The van der Waals surface area contributed by atoms with E-state index in [-0.39, 0.29) is 11.6 Å². The molecule has 0 aliphatic rings. The van der Waals surface area contributed by atoms with Crippen LogP contribution in [0.2, 0.25) is 5.02 Å². The minimum absolute atomic E-state index is 0.00931. The molecule has 4 nitrogen and oxygen atoms in total. The molecule has 0 spiro atoms. The summed E-state index contributed by atoms with van der Waals surface area (Å²) in [4.78, 5) is 16.3. The minimum atomic E-state index is -0.0878. The molecule has 2 rings (SSSR count). The van der Waals surface area contributed by atoms with Crippen molar-refractivity contribution < 1.29 is 0 Å². The van der Waals surface area contributed by atoms with Crippen LogP contribution < -0.4 is 10.9 Å². The van der Waals surface area contributed by atoms with Gasteiger partial charge in [-0.05, 0) is 31.0 Å². The van der Waals surface area contributed by atoms with Gasteiger partial charge in [-0.25, -0.2) is 4.98 Å². The number of benzene rings is 1. The van der Waals surface area contributed by atoms with Crippen molar-refractivity contribution >= 4 is 17.4 Å². The maximum atomic E-state index is 12.2. The molecule has 0 aliphatic heterocycles. The van der Waals surface area contributed by atoms with E-state index in [2.05, 4.69) is 10.3 Å². The number of halogens is 1. The molecule has 1 aromatic heterocycles. The monoisotopic (exact) mass is 291 g/mol. The SMILES string of the molecule is CCCn1ccnc(NC(C)c2ccc(Cl)cc2)c1=O. The molecule has 1 N–H and O–H groups in total. The van der Waals surface area contributed by atoms with Crippen LogP contribution in [0.3, 0.4) is 0 Å². The quantitative estimate of drug-likeness (QED) is 0.917. The van der Waals surface area contributed by atoms with E-state index in [0.29, 0.717) is 17.4 Å². The van der Waals surface area contributed by atoms with E-state index in [1.807, 2.05) is 38.1 Å². The summed E-state index contributed by atoms with van der Waals surface area (Å²) in [7, 11) is 0. The van der Waals surface area contributed by atoms with Gasteiger partial charge in [0, 0.05) is 24.0 Å². The smallest absolute Gasteiger partial charge is 0.293 e. The zero-order chi connectivity index (χ0) is 14.5. The Morgan fingerprint density at radius 1 is 1.35 bits per heavy atom. The molecule has 1 aromatic carbocycles. The Balaban J connectivity index is 2.19. The number of aryl methyl sites for hydroxylation is 1. The number of hydrogen-bond donors (Lipinski definition) is 1. The molecule has 1 atom stereocenters. The van der Waals surface area contributed by atoms with Gasteiger partial charge in [-0.1, -0.05) is 30.7 Å². The van der Waals surface area contributed by atoms with Crippen LogP contribution in [0.5, 0.6) is 0 Å². The zero-order valence-electron chi connectivity index (χ0n) is 11.6. The van der Waals surface area contributed by atoms with Crippen molar-refractivity contribution in [2.75, 3.05) is 5.32 Å². The highest BCUT2D eigenvalue weighted by Gasteiger charge is 2.10. The van der Waals surface area contributed by atoms with Crippen molar-refractivity contribution in [3.8, 4) is 0 Å². The highest BCUT2D eigenvalue weighted by molar-refractivity contribution is 6.30. The summed E-state index contributed by atoms with van der Waals surface area (Å²) >= 11 is 5.87. The van der Waals surface area contributed by atoms with Gasteiger partial charge < -0.3 is 9.88 Å². The van der Waals surface area contributed by atoms with Crippen LogP contribution in [0.25, 0.3) is 0 Å². The molecule has 0 saturated heterocycles. The lowest BCUT2D eigenvalue weighted by atomic mass is 10.1. The van der Waals surface area contributed by atoms with E-state index in [1.54, 1.807) is 17.0 Å². The van der Waals surface area contributed by atoms with Crippen LogP contribution >= 0.6 is 11.6 Å². The van der Waals surface area contributed by atoms with Crippen molar-refractivity contribution in [2.24, 2.45) is 0 Å². The summed E-state index contributed by atoms with van der Waals surface area (Å²) < 4.78 is 1.67. The summed E-state index contributed by atoms with van der Waals surface area (Å²) in [5.74, 6) is 0.378. The maximum Gasteiger partial charge on any atom is 0.293 e. The van der Waals surface area contributed by atoms with Gasteiger partial charge in [-0.3, -0.25) is 4.79 Å². The van der Waals surface area contributed by atoms with E-state index in [0.717, 1.165) is 12.0 Å². The van der Waals surface area contributed by atoms with Gasteiger partial charge in [0.15, 0.2) is 5.82 Å². The van der Waals surface area contributed by atoms with E-state index in [4.69, 9.17) is 11.6 Å². The summed E-state index contributed by atoms with van der Waals surface area (Å²) in [6.45, 7) is 4.73. The van der Waals surface area contributed by atoms with Crippen molar-refractivity contribution in [2.45, 2.75) is 32.9 Å². The fourth-order valence-electron chi connectivity index (χ4n) is 2.00. The van der Waals surface area contributed by atoms with Crippen molar-refractivity contribution in [3.05, 3.63) is 57.6 Å². The lowest BCUT2D eigenvalue weighted by molar-refractivity contribution is 0.648. The average Bonchev–Trinajstić information content (AvgIpc) is 2.44. The van der Waals surface area contributed by atoms with E-state index in [9.17, 15) is 4.79 Å². The van der Waals surface area contributed by atoms with Gasteiger partial charge in [0.2, 0.25) is 0 Å². The lowest BCUT2D eigenvalue weighted by Gasteiger charge is -2.15. The number of hydrogen-bond acceptors (Lipinski definition) is 3. The Bertz CT molecular complexity index is 622. The molecular formula is C15H18ClN3O. The Hall–Kier alpha value is -1.81. The normalized spacial score (nSPS) is 12.2. The minimum Gasteiger partial charge on any atom is -0.359 e. The first-order valence-electron chi connectivity index (χ1n) is 6.69. The molecule has 0 saturated carbocycles. The summed E-state index contributed by atoms with van der Waals surface area (Å²) in [6, 6.07) is 7.54. The number of rotatable bonds is 5. The average molecular weight is 292 g/mol. The molecule has 106 valence electrons. The molecule has 0 bridgehead atoms. The first-order valence-corrected chi connectivity index (χ1v) is 7.07. The standard InChI is InChI=1S/C15H18ClN3O/c1-3-9-19-10-8-17-14(15(19)20)18-11(2)12-4-6-13(16)7-5-12/h4-8,10-11H,3,9H2,1-2H3,(H,17,18). The lowest BCUT2D eigenvalue weighted by Crippen LogP contribution is -2.25. The Kier molecular flexibility index (Phi) is 4.79. The van der Waals surface area contributed by atoms with Gasteiger partial charge >= 0.3 is 0 Å². The Labute approximate surface area is 123 Å². The van der Waals surface area contributed by atoms with Crippen LogP contribution in [-0.4, -0.2) is 9.55 Å². The fourth-order valence-corrected chi connectivity index (χ4v) is 2.13. The van der Waals surface area contributed by atoms with Crippen LogP contribution in [0, 0.1) is 0 Å². The van der Waals surface area contributed by atoms with Crippen LogP contribution in [0.1, 0.15) is 31.9 Å². The molecule has 20 heavy (non-hydrogen) atoms. The number of aromatic nitrogens is 2. The Morgan fingerprint density at radius 3 is 2.70 bits per heavy atom. The number of nitrogens with one attached hydrogen (secondary N) is 1. The molecule has 0 aliphatic carbocycles. The molecule has 0 radical (unpaired) electrons. The van der Waals surface area contributed by atoms with Crippen LogP contribution in [-0.2, 0) is 6.54 Å². The molecule has 5 heteroatoms. The van der Waals surface area contributed by atoms with Crippen LogP contribution in [0.15, 0.2) is 41.5 Å². The molecule has 2 aromatic rings. The first kappa shape index (κ1) is 14.6. The van der Waals surface area contributed by atoms with Gasteiger partial charge in [0.25, 0.3) is 5.56 Å². The van der Waals surface area contributed by atoms with Crippen molar-refractivity contribution in [3.63, 3.8) is 0 Å². The first-order chi connectivity index (χ1) is 9.61. The topological polar surface area (TPSA) is 46.9 Å². The predicted molar refractivity (Wildman–Crippen MR) is 82.3 cm³/mol. The van der Waals surface area contributed by atoms with Gasteiger partial charge in [0.1, 0.15) is 0 Å². The number of nitrogens with zero attached hydrogens (tertiary/aromatic N) is 2. The highest BCUT2D eigenvalue weighted by atomic mass is 35.5. The third-order valence-electron chi connectivity index (χ3n) is 3.10. The van der Waals surface area contributed by atoms with Crippen LogP contribution in [0.4, 0.5) is 5.82 Å². The maximum absolute atomic E-state index is 12.2. The molecular weight excluding hydrogens is 274 g/mol. The third-order valence-corrected chi connectivity index (χ3v) is 3.35. The summed E-state index contributed by atoms with van der Waals surface area (Å²) in [6.07, 6.45) is 4.27. The van der Waals surface area contributed by atoms with E-state index < -0.39 is 0 Å². The van der Waals surface area contributed by atoms with Gasteiger partial charge in [-0.2, -0.15) is 0 Å². The van der Waals surface area contributed by atoms with Gasteiger partial charge in [-0.15, -0.1) is 0 Å². The second-order valence-electron chi connectivity index (χ2n) is 4.69. The summed E-state index contributed by atoms with van der Waals surface area (Å²) in [5, 5.41) is 3.86. The van der Waals surface area contributed by atoms with E-state index >= 15 is 0 Å². The predicted octanol–water partition coefficient (Wildman–Crippen LogP) is 3.48. The van der Waals surface area contributed by atoms with Crippen molar-refractivity contribution in [1.29, 1.82) is 0 Å². The number of anilines is 1. The largest absolute Gasteiger partial charge is 0.359 e. The molecule has 1 unspecified atom stereocenters. The van der Waals surface area contributed by atoms with Gasteiger partial charge in [0.05, 0.1) is 6.04 Å². The second kappa shape index (κ2) is 6.57. The second-order valence-corrected chi connectivity index (χ2v) is 5.13. The molecule has 0 amide bonds.